The first-order valence-corrected chi connectivity index (χ1v) is 8.76. The molecule has 0 amide bonds. The summed E-state index contributed by atoms with van der Waals surface area (Å²) in [6, 6.07) is 4.20. The van der Waals surface area contributed by atoms with Crippen LogP contribution in [-0.4, -0.2) is 18.3 Å². The highest BCUT2D eigenvalue weighted by Gasteiger charge is 2.34. The van der Waals surface area contributed by atoms with Gasteiger partial charge >= 0.3 is 6.18 Å². The minimum Gasteiger partial charge on any atom is -0.286 e. The van der Waals surface area contributed by atoms with Gasteiger partial charge in [0.2, 0.25) is 0 Å². The zero-order chi connectivity index (χ0) is 12.8. The molecule has 6 heteroatoms. The molecule has 2 nitrogen and oxygen atoms in total. The SMILES string of the molecule is C[Si](C)(C)c1[nH]nc2c(C(F)(F)F)cccc12. The monoisotopic (exact) mass is 258 g/mol. The Morgan fingerprint density at radius 3 is 2.35 bits per heavy atom. The third-order valence-corrected chi connectivity index (χ3v) is 4.52. The second-order valence-corrected chi connectivity index (χ2v) is 10.0. The average Bonchev–Trinajstić information content (AvgIpc) is 2.57. The van der Waals surface area contributed by atoms with Crippen molar-refractivity contribution in [2.24, 2.45) is 0 Å². The minimum atomic E-state index is -4.36. The number of nitrogens with zero attached hydrogens (tertiary/aromatic N) is 1. The van der Waals surface area contributed by atoms with Crippen molar-refractivity contribution in [3.63, 3.8) is 0 Å². The van der Waals surface area contributed by atoms with Crippen molar-refractivity contribution in [2.75, 3.05) is 0 Å². The molecule has 0 bridgehead atoms. The summed E-state index contributed by atoms with van der Waals surface area (Å²) in [6.45, 7) is 6.21. The summed E-state index contributed by atoms with van der Waals surface area (Å²) in [5.41, 5.74) is -0.645. The van der Waals surface area contributed by atoms with E-state index in [2.05, 4.69) is 29.8 Å². The molecule has 0 aliphatic carbocycles. The van der Waals surface area contributed by atoms with Gasteiger partial charge < -0.3 is 0 Å². The number of fused-ring (bicyclic) bond motifs is 1. The molecule has 92 valence electrons. The third kappa shape index (κ3) is 2.09. The number of H-pyrrole nitrogens is 1. The number of alkyl halides is 3. The van der Waals surface area contributed by atoms with Crippen LogP contribution in [0.2, 0.25) is 19.6 Å². The molecule has 2 aromatic rings. The number of halogens is 3. The summed E-state index contributed by atoms with van der Waals surface area (Å²) in [6.07, 6.45) is -4.36. The minimum absolute atomic E-state index is 0.0254. The van der Waals surface area contributed by atoms with Gasteiger partial charge in [-0.1, -0.05) is 31.8 Å². The van der Waals surface area contributed by atoms with Crippen LogP contribution in [0.15, 0.2) is 18.2 Å². The maximum absolute atomic E-state index is 12.8. The molecule has 1 heterocycles. The molecule has 0 spiro atoms. The number of hydrogen-bond donors (Lipinski definition) is 1. The zero-order valence-corrected chi connectivity index (χ0v) is 10.8. The number of para-hydroxylation sites is 1. The molecule has 0 unspecified atom stereocenters. The predicted molar refractivity (Wildman–Crippen MR) is 64.1 cm³/mol. The molecule has 0 saturated carbocycles. The standard InChI is InChI=1S/C11H13F3N2Si/c1-17(2,3)10-7-5-4-6-8(11(12,13)14)9(7)15-16-10/h4-6H,1-3H3,(H,15,16). The zero-order valence-electron chi connectivity index (χ0n) is 9.81. The highest BCUT2D eigenvalue weighted by Crippen LogP contribution is 2.33. The summed E-state index contributed by atoms with van der Waals surface area (Å²) in [5, 5.41) is 8.08. The van der Waals surface area contributed by atoms with Crippen LogP contribution in [0.25, 0.3) is 10.9 Å². The van der Waals surface area contributed by atoms with Gasteiger partial charge in [0.05, 0.1) is 5.56 Å². The Balaban J connectivity index is 2.74. The van der Waals surface area contributed by atoms with E-state index in [1.54, 1.807) is 6.07 Å². The second-order valence-electron chi connectivity index (χ2n) is 5.05. The molecule has 1 aromatic carbocycles. The molecule has 0 aliphatic heterocycles. The summed E-state index contributed by atoms with van der Waals surface area (Å²) < 4.78 is 38.3. The van der Waals surface area contributed by atoms with Crippen molar-refractivity contribution in [3.8, 4) is 0 Å². The third-order valence-electron chi connectivity index (χ3n) is 2.64. The van der Waals surface area contributed by atoms with Crippen LogP contribution in [0, 0.1) is 0 Å². The Labute approximate surface area is 97.8 Å². The van der Waals surface area contributed by atoms with Gasteiger partial charge in [-0.2, -0.15) is 18.3 Å². The van der Waals surface area contributed by atoms with Gasteiger partial charge in [-0.3, -0.25) is 5.10 Å². The van der Waals surface area contributed by atoms with E-state index in [-0.39, 0.29) is 5.52 Å². The van der Waals surface area contributed by atoms with Gasteiger partial charge in [-0.05, 0) is 6.07 Å². The number of rotatable bonds is 1. The summed E-state index contributed by atoms with van der Waals surface area (Å²) in [4.78, 5) is 0. The summed E-state index contributed by atoms with van der Waals surface area (Å²) >= 11 is 0. The lowest BCUT2D eigenvalue weighted by Crippen LogP contribution is -2.39. The van der Waals surface area contributed by atoms with E-state index in [0.29, 0.717) is 5.39 Å². The lowest BCUT2D eigenvalue weighted by atomic mass is 10.1. The van der Waals surface area contributed by atoms with E-state index in [4.69, 9.17) is 0 Å². The highest BCUT2D eigenvalue weighted by atomic mass is 28.3. The molecular weight excluding hydrogens is 245 g/mol. The van der Waals surface area contributed by atoms with E-state index in [0.717, 1.165) is 11.4 Å². The molecule has 1 N–H and O–H groups in total. The molecule has 0 aliphatic rings. The molecule has 0 saturated heterocycles. The average molecular weight is 258 g/mol. The number of aromatic nitrogens is 2. The van der Waals surface area contributed by atoms with Crippen LogP contribution >= 0.6 is 0 Å². The Kier molecular flexibility index (Phi) is 2.57. The van der Waals surface area contributed by atoms with E-state index >= 15 is 0 Å². The molecule has 0 fully saturated rings. The van der Waals surface area contributed by atoms with Crippen LogP contribution < -0.4 is 5.32 Å². The largest absolute Gasteiger partial charge is 0.418 e. The summed E-state index contributed by atoms with van der Waals surface area (Å²) in [7, 11) is -1.71. The van der Waals surface area contributed by atoms with Crippen LogP contribution in [-0.2, 0) is 6.18 Å². The number of benzene rings is 1. The van der Waals surface area contributed by atoms with Gasteiger partial charge in [0, 0.05) is 10.7 Å². The lowest BCUT2D eigenvalue weighted by molar-refractivity contribution is -0.136. The maximum Gasteiger partial charge on any atom is 0.418 e. The molecule has 2 rings (SSSR count). The Morgan fingerprint density at radius 2 is 1.82 bits per heavy atom. The van der Waals surface area contributed by atoms with Crippen LogP contribution in [0.5, 0.6) is 0 Å². The van der Waals surface area contributed by atoms with Crippen molar-refractivity contribution in [1.29, 1.82) is 0 Å². The van der Waals surface area contributed by atoms with E-state index in [1.165, 1.54) is 6.07 Å². The van der Waals surface area contributed by atoms with Crippen molar-refractivity contribution < 1.29 is 13.2 Å². The second kappa shape index (κ2) is 3.59. The van der Waals surface area contributed by atoms with Gasteiger partial charge in [-0.15, -0.1) is 0 Å². The molecule has 0 radical (unpaired) electrons. The highest BCUT2D eigenvalue weighted by molar-refractivity contribution is 6.89. The maximum atomic E-state index is 12.8. The first-order chi connectivity index (χ1) is 7.71. The number of nitrogens with one attached hydrogen (secondary N) is 1. The van der Waals surface area contributed by atoms with Crippen molar-refractivity contribution >= 4 is 24.3 Å². The van der Waals surface area contributed by atoms with Crippen molar-refractivity contribution in [3.05, 3.63) is 23.8 Å². The van der Waals surface area contributed by atoms with Gasteiger partial charge in [0.1, 0.15) is 13.6 Å². The topological polar surface area (TPSA) is 28.7 Å². The van der Waals surface area contributed by atoms with Gasteiger partial charge in [0.15, 0.2) is 0 Å². The first kappa shape index (κ1) is 12.2. The van der Waals surface area contributed by atoms with Crippen LogP contribution in [0.3, 0.4) is 0 Å². The fourth-order valence-electron chi connectivity index (χ4n) is 1.84. The Bertz CT molecular complexity index is 552. The molecule has 0 atom stereocenters. The molecule has 17 heavy (non-hydrogen) atoms. The van der Waals surface area contributed by atoms with E-state index < -0.39 is 19.8 Å². The van der Waals surface area contributed by atoms with E-state index in [1.807, 2.05) is 0 Å². The van der Waals surface area contributed by atoms with Gasteiger partial charge in [-0.25, -0.2) is 0 Å². The van der Waals surface area contributed by atoms with Gasteiger partial charge in [0.25, 0.3) is 0 Å². The van der Waals surface area contributed by atoms with Crippen molar-refractivity contribution in [1.82, 2.24) is 10.2 Å². The first-order valence-electron chi connectivity index (χ1n) is 5.26. The number of aromatic amines is 1. The normalized spacial score (nSPS) is 13.3. The quantitative estimate of drug-likeness (QED) is 0.782. The Morgan fingerprint density at radius 1 is 1.18 bits per heavy atom. The lowest BCUT2D eigenvalue weighted by Gasteiger charge is -2.14. The van der Waals surface area contributed by atoms with Crippen LogP contribution in [0.4, 0.5) is 13.2 Å². The smallest absolute Gasteiger partial charge is 0.286 e. The van der Waals surface area contributed by atoms with E-state index in [9.17, 15) is 13.2 Å². The molecule has 1 aromatic heterocycles. The number of hydrogen-bond acceptors (Lipinski definition) is 1. The van der Waals surface area contributed by atoms with Crippen molar-refractivity contribution in [2.45, 2.75) is 25.8 Å². The summed E-state index contributed by atoms with van der Waals surface area (Å²) in [5.74, 6) is 0. The predicted octanol–water partition coefficient (Wildman–Crippen LogP) is 3.13. The fourth-order valence-corrected chi connectivity index (χ4v) is 3.24. The van der Waals surface area contributed by atoms with Crippen LogP contribution in [0.1, 0.15) is 5.56 Å². The molecular formula is C11H13F3N2Si. The fraction of sp³-hybridized carbons (Fsp3) is 0.364. The Hall–Kier alpha value is -1.30.